The number of rotatable bonds is 8. The van der Waals surface area contributed by atoms with E-state index in [1.807, 2.05) is 24.3 Å². The number of nitrogens with zero attached hydrogens (tertiary/aromatic N) is 2. The van der Waals surface area contributed by atoms with Crippen LogP contribution in [0.1, 0.15) is 12.6 Å². The van der Waals surface area contributed by atoms with Gasteiger partial charge in [-0.05, 0) is 18.2 Å². The Labute approximate surface area is 160 Å². The summed E-state index contributed by atoms with van der Waals surface area (Å²) in [4.78, 5) is 23.3. The molecule has 2 aromatic rings. The molecule has 27 heavy (non-hydrogen) atoms. The molecule has 0 aliphatic rings. The molecule has 0 bridgehead atoms. The highest BCUT2D eigenvalue weighted by atomic mass is 28.3. The maximum Gasteiger partial charge on any atom is 0.354 e. The summed E-state index contributed by atoms with van der Waals surface area (Å²) in [5.74, 6) is -0.986. The highest BCUT2D eigenvalue weighted by molar-refractivity contribution is 6.76. The van der Waals surface area contributed by atoms with Crippen LogP contribution in [-0.4, -0.2) is 43.4 Å². The van der Waals surface area contributed by atoms with Gasteiger partial charge in [-0.15, -0.1) is 0 Å². The second-order valence-corrected chi connectivity index (χ2v) is 13.1. The largest absolute Gasteiger partial charge is 0.464 e. The van der Waals surface area contributed by atoms with E-state index in [9.17, 15) is 9.59 Å². The van der Waals surface area contributed by atoms with Crippen molar-refractivity contribution < 1.29 is 19.1 Å². The van der Waals surface area contributed by atoms with E-state index in [4.69, 9.17) is 9.47 Å². The molecule has 1 N–H and O–H groups in total. The van der Waals surface area contributed by atoms with Gasteiger partial charge in [0.15, 0.2) is 0 Å². The monoisotopic (exact) mass is 389 g/mol. The summed E-state index contributed by atoms with van der Waals surface area (Å²) in [7, 11) is 0.111. The van der Waals surface area contributed by atoms with Gasteiger partial charge >= 0.3 is 5.97 Å². The normalized spacial score (nSPS) is 12.3. The lowest BCUT2D eigenvalue weighted by Crippen LogP contribution is -2.25. The lowest BCUT2D eigenvalue weighted by atomic mass is 10.2. The van der Waals surface area contributed by atoms with Crippen molar-refractivity contribution in [2.75, 3.05) is 13.7 Å². The minimum absolute atomic E-state index is 0.0417. The number of hydrogen-bond donors (Lipinski definition) is 1. The Morgan fingerprint density at radius 3 is 2.59 bits per heavy atom. The molecule has 0 aliphatic heterocycles. The zero-order valence-electron chi connectivity index (χ0n) is 16.5. The number of fused-ring (bicyclic) bond motifs is 1. The number of esters is 1. The van der Waals surface area contributed by atoms with Crippen LogP contribution >= 0.6 is 0 Å². The molecule has 7 nitrogen and oxygen atoms in total. The highest BCUT2D eigenvalue weighted by Gasteiger charge is 2.16. The molecule has 1 heterocycles. The van der Waals surface area contributed by atoms with Crippen molar-refractivity contribution in [2.24, 2.45) is 0 Å². The van der Waals surface area contributed by atoms with Crippen molar-refractivity contribution in [1.29, 1.82) is 0 Å². The van der Waals surface area contributed by atoms with Crippen LogP contribution in [0.25, 0.3) is 17.0 Å². The van der Waals surface area contributed by atoms with Gasteiger partial charge in [0.05, 0.1) is 18.3 Å². The molecule has 0 radical (unpaired) electrons. The fourth-order valence-electron chi connectivity index (χ4n) is 2.47. The summed E-state index contributed by atoms with van der Waals surface area (Å²) in [6, 6.07) is 8.75. The van der Waals surface area contributed by atoms with E-state index in [0.29, 0.717) is 19.0 Å². The number of carbonyl (C=O) groups is 2. The maximum atomic E-state index is 11.9. The van der Waals surface area contributed by atoms with Gasteiger partial charge in [0, 0.05) is 27.0 Å². The first kappa shape index (κ1) is 20.9. The van der Waals surface area contributed by atoms with Crippen LogP contribution in [0.2, 0.25) is 25.7 Å². The Morgan fingerprint density at radius 1 is 1.26 bits per heavy atom. The molecule has 1 amide bonds. The zero-order chi connectivity index (χ0) is 20.0. The fourth-order valence-corrected chi connectivity index (χ4v) is 3.23. The van der Waals surface area contributed by atoms with Crippen LogP contribution in [0.4, 0.5) is 0 Å². The standard InChI is InChI=1S/C19H27N3O4Si/c1-14(23)20-17(19(24)25-2)12-16-15-8-6-7-9-18(15)22(21-16)13-26-10-11-27(3,4)5/h6-9,12H,10-11,13H2,1-5H3,(H,20,23)/b17-12-. The van der Waals surface area contributed by atoms with E-state index in [1.54, 1.807) is 4.68 Å². The Bertz CT molecular complexity index is 852. The van der Waals surface area contributed by atoms with E-state index >= 15 is 0 Å². The van der Waals surface area contributed by atoms with Crippen LogP contribution in [0, 0.1) is 0 Å². The van der Waals surface area contributed by atoms with Crippen molar-refractivity contribution in [1.82, 2.24) is 15.1 Å². The molecule has 0 aliphatic carbocycles. The Morgan fingerprint density at radius 2 is 1.96 bits per heavy atom. The SMILES string of the molecule is COC(=O)/C(=C/c1nn(COCC[Si](C)(C)C)c2ccccc12)NC(C)=O. The quantitative estimate of drug-likeness (QED) is 0.325. The van der Waals surface area contributed by atoms with Crippen molar-refractivity contribution in [2.45, 2.75) is 39.3 Å². The number of carbonyl (C=O) groups excluding carboxylic acids is 2. The molecule has 0 atom stereocenters. The Kier molecular flexibility index (Phi) is 6.92. The average Bonchev–Trinajstić information content (AvgIpc) is 2.94. The molecular formula is C19H27N3O4Si. The highest BCUT2D eigenvalue weighted by Crippen LogP contribution is 2.21. The number of methoxy groups -OCH3 is 1. The summed E-state index contributed by atoms with van der Waals surface area (Å²) in [5.41, 5.74) is 1.50. The molecule has 0 unspecified atom stereocenters. The molecule has 0 spiro atoms. The molecule has 0 fully saturated rings. The van der Waals surface area contributed by atoms with E-state index in [2.05, 4.69) is 30.1 Å². The summed E-state index contributed by atoms with van der Waals surface area (Å²) >= 11 is 0. The molecule has 0 saturated heterocycles. The number of benzene rings is 1. The maximum absolute atomic E-state index is 11.9. The van der Waals surface area contributed by atoms with Crippen LogP contribution in [0.5, 0.6) is 0 Å². The molecular weight excluding hydrogens is 362 g/mol. The fraction of sp³-hybridized carbons (Fsp3) is 0.421. The first-order valence-electron chi connectivity index (χ1n) is 8.82. The Hall–Kier alpha value is -2.45. The number of amides is 1. The van der Waals surface area contributed by atoms with Gasteiger partial charge in [-0.2, -0.15) is 5.10 Å². The zero-order valence-corrected chi connectivity index (χ0v) is 17.5. The third-order valence-corrected chi connectivity index (χ3v) is 5.60. The minimum Gasteiger partial charge on any atom is -0.464 e. The summed E-state index contributed by atoms with van der Waals surface area (Å²) in [5, 5.41) is 7.91. The van der Waals surface area contributed by atoms with Crippen LogP contribution in [0.3, 0.4) is 0 Å². The molecule has 2 rings (SSSR count). The Balaban J connectivity index is 2.30. The first-order valence-corrected chi connectivity index (χ1v) is 12.5. The minimum atomic E-state index is -1.15. The number of para-hydroxylation sites is 1. The van der Waals surface area contributed by atoms with Crippen molar-refractivity contribution in [3.8, 4) is 0 Å². The molecule has 0 saturated carbocycles. The number of hydrogen-bond acceptors (Lipinski definition) is 5. The van der Waals surface area contributed by atoms with Gasteiger partial charge in [-0.25, -0.2) is 9.48 Å². The summed E-state index contributed by atoms with van der Waals surface area (Å²) in [6.45, 7) is 9.26. The second kappa shape index (κ2) is 8.96. The predicted molar refractivity (Wildman–Crippen MR) is 108 cm³/mol. The predicted octanol–water partition coefficient (Wildman–Crippen LogP) is 3.00. The smallest absolute Gasteiger partial charge is 0.354 e. The van der Waals surface area contributed by atoms with Crippen molar-refractivity contribution in [3.05, 3.63) is 35.7 Å². The molecule has 1 aromatic carbocycles. The van der Waals surface area contributed by atoms with E-state index in [0.717, 1.165) is 16.9 Å². The third kappa shape index (κ3) is 6.04. The number of ether oxygens (including phenoxy) is 2. The molecule has 1 aromatic heterocycles. The summed E-state index contributed by atoms with van der Waals surface area (Å²) in [6.07, 6.45) is 1.52. The lowest BCUT2D eigenvalue weighted by Gasteiger charge is -2.15. The van der Waals surface area contributed by atoms with Crippen molar-refractivity contribution in [3.63, 3.8) is 0 Å². The van der Waals surface area contributed by atoms with Crippen LogP contribution in [0.15, 0.2) is 30.0 Å². The third-order valence-electron chi connectivity index (χ3n) is 3.89. The van der Waals surface area contributed by atoms with Gasteiger partial charge < -0.3 is 14.8 Å². The van der Waals surface area contributed by atoms with E-state index in [1.165, 1.54) is 20.1 Å². The van der Waals surface area contributed by atoms with Gasteiger partial charge in [-0.3, -0.25) is 4.79 Å². The van der Waals surface area contributed by atoms with Gasteiger partial charge in [0.25, 0.3) is 0 Å². The topological polar surface area (TPSA) is 82.4 Å². The first-order chi connectivity index (χ1) is 12.7. The number of nitrogens with one attached hydrogen (secondary N) is 1. The lowest BCUT2D eigenvalue weighted by molar-refractivity contribution is -0.137. The molecule has 8 heteroatoms. The van der Waals surface area contributed by atoms with Gasteiger partial charge in [0.1, 0.15) is 12.4 Å². The van der Waals surface area contributed by atoms with E-state index in [-0.39, 0.29) is 11.6 Å². The van der Waals surface area contributed by atoms with Crippen LogP contribution in [-0.2, 0) is 25.8 Å². The van der Waals surface area contributed by atoms with Gasteiger partial charge in [-0.1, -0.05) is 37.8 Å². The van der Waals surface area contributed by atoms with Gasteiger partial charge in [0.2, 0.25) is 5.91 Å². The molecule has 146 valence electrons. The van der Waals surface area contributed by atoms with E-state index < -0.39 is 14.0 Å². The number of aromatic nitrogens is 2. The second-order valence-electron chi connectivity index (χ2n) is 7.48. The summed E-state index contributed by atoms with van der Waals surface area (Å²) < 4.78 is 12.3. The average molecular weight is 390 g/mol. The van der Waals surface area contributed by atoms with Crippen LogP contribution < -0.4 is 5.32 Å². The van der Waals surface area contributed by atoms with Crippen molar-refractivity contribution >= 4 is 36.9 Å².